The van der Waals surface area contributed by atoms with Gasteiger partial charge in [0.1, 0.15) is 0 Å². The van der Waals surface area contributed by atoms with Crippen molar-refractivity contribution in [2.24, 2.45) is 7.05 Å². The van der Waals surface area contributed by atoms with Crippen molar-refractivity contribution in [3.05, 3.63) is 22.7 Å². The molecule has 1 aromatic rings. The molecule has 1 fully saturated rings. The highest BCUT2D eigenvalue weighted by atomic mass is 16.3. The van der Waals surface area contributed by atoms with Gasteiger partial charge in [0.05, 0.1) is 5.60 Å². The molecule has 0 bridgehead atoms. The van der Waals surface area contributed by atoms with Crippen molar-refractivity contribution in [1.29, 1.82) is 0 Å². The van der Waals surface area contributed by atoms with Gasteiger partial charge in [0.25, 0.3) is 5.56 Å². The fraction of sp³-hybridized carbons (Fsp3) is 0.556. The lowest BCUT2D eigenvalue weighted by Crippen LogP contribution is -2.61. The number of aromatic nitrogens is 2. The minimum atomic E-state index is -0.678. The van der Waals surface area contributed by atoms with Gasteiger partial charge >= 0.3 is 0 Å². The number of anilines is 1. The first-order chi connectivity index (χ1) is 6.49. The van der Waals surface area contributed by atoms with E-state index in [2.05, 4.69) is 4.98 Å². The molecule has 0 spiro atoms. The minimum Gasteiger partial charge on any atom is -0.386 e. The number of aryl methyl sites for hydroxylation is 1. The standard InChI is InChI=1S/C9H13N3O2/c1-9(14)5-12(6-9)7-8(13)11(2)4-3-10-7/h3-4,14H,5-6H2,1-2H3. The van der Waals surface area contributed by atoms with Crippen LogP contribution in [0, 0.1) is 0 Å². The lowest BCUT2D eigenvalue weighted by atomic mass is 9.97. The van der Waals surface area contributed by atoms with E-state index in [1.807, 2.05) is 0 Å². The van der Waals surface area contributed by atoms with Crippen LogP contribution >= 0.6 is 0 Å². The second-order valence-corrected chi connectivity index (χ2v) is 4.02. The smallest absolute Gasteiger partial charge is 0.293 e. The van der Waals surface area contributed by atoms with E-state index in [0.29, 0.717) is 18.9 Å². The van der Waals surface area contributed by atoms with Crippen molar-refractivity contribution in [3.63, 3.8) is 0 Å². The zero-order valence-corrected chi connectivity index (χ0v) is 8.27. The molecule has 0 aromatic carbocycles. The minimum absolute atomic E-state index is 0.122. The highest BCUT2D eigenvalue weighted by Gasteiger charge is 2.38. The Balaban J connectivity index is 2.27. The van der Waals surface area contributed by atoms with Crippen LogP contribution in [0.15, 0.2) is 17.2 Å². The van der Waals surface area contributed by atoms with Gasteiger partial charge < -0.3 is 14.6 Å². The van der Waals surface area contributed by atoms with Crippen molar-refractivity contribution in [1.82, 2.24) is 9.55 Å². The molecular weight excluding hydrogens is 182 g/mol. The van der Waals surface area contributed by atoms with Crippen LogP contribution in [0.1, 0.15) is 6.92 Å². The summed E-state index contributed by atoms with van der Waals surface area (Å²) in [6.07, 6.45) is 3.20. The molecule has 1 aromatic heterocycles. The molecule has 1 N–H and O–H groups in total. The van der Waals surface area contributed by atoms with Gasteiger partial charge in [-0.15, -0.1) is 0 Å². The third-order valence-corrected chi connectivity index (χ3v) is 2.36. The average Bonchev–Trinajstić information content (AvgIpc) is 2.06. The Morgan fingerprint density at radius 2 is 2.21 bits per heavy atom. The zero-order chi connectivity index (χ0) is 10.3. The summed E-state index contributed by atoms with van der Waals surface area (Å²) in [6.45, 7) is 2.69. The first kappa shape index (κ1) is 9.21. The van der Waals surface area contributed by atoms with Crippen molar-refractivity contribution in [2.45, 2.75) is 12.5 Å². The largest absolute Gasteiger partial charge is 0.386 e. The first-order valence-electron chi connectivity index (χ1n) is 4.49. The third-order valence-electron chi connectivity index (χ3n) is 2.36. The predicted octanol–water partition coefficient (Wildman–Crippen LogP) is -0.649. The molecule has 1 saturated heterocycles. The maximum atomic E-state index is 11.6. The summed E-state index contributed by atoms with van der Waals surface area (Å²) in [7, 11) is 1.69. The van der Waals surface area contributed by atoms with Crippen LogP contribution in [-0.4, -0.2) is 33.3 Å². The van der Waals surface area contributed by atoms with E-state index in [9.17, 15) is 9.90 Å². The van der Waals surface area contributed by atoms with Gasteiger partial charge in [-0.2, -0.15) is 0 Å². The molecule has 1 aliphatic rings. The van der Waals surface area contributed by atoms with Gasteiger partial charge in [-0.25, -0.2) is 4.98 Å². The van der Waals surface area contributed by atoms with Crippen molar-refractivity contribution >= 4 is 5.82 Å². The van der Waals surface area contributed by atoms with Gasteiger partial charge in [-0.3, -0.25) is 4.79 Å². The van der Waals surface area contributed by atoms with E-state index in [0.717, 1.165) is 0 Å². The number of β-amino-alcohol motifs (C(OH)–C–C–N with tert-alkyl or cyclic N) is 1. The van der Waals surface area contributed by atoms with Crippen LogP contribution < -0.4 is 10.5 Å². The first-order valence-corrected chi connectivity index (χ1v) is 4.49. The quantitative estimate of drug-likeness (QED) is 0.647. The molecule has 1 aliphatic heterocycles. The second-order valence-electron chi connectivity index (χ2n) is 4.02. The molecule has 5 nitrogen and oxygen atoms in total. The Labute approximate surface area is 81.6 Å². The van der Waals surface area contributed by atoms with Crippen LogP contribution in [0.5, 0.6) is 0 Å². The Hall–Kier alpha value is -1.36. The zero-order valence-electron chi connectivity index (χ0n) is 8.27. The molecule has 0 aliphatic carbocycles. The summed E-state index contributed by atoms with van der Waals surface area (Å²) < 4.78 is 1.48. The topological polar surface area (TPSA) is 58.4 Å². The van der Waals surface area contributed by atoms with Crippen molar-refractivity contribution in [3.8, 4) is 0 Å². The monoisotopic (exact) mass is 195 g/mol. The molecular formula is C9H13N3O2. The predicted molar refractivity (Wildman–Crippen MR) is 52.3 cm³/mol. The summed E-state index contributed by atoms with van der Waals surface area (Å²) in [4.78, 5) is 17.4. The summed E-state index contributed by atoms with van der Waals surface area (Å²) in [5, 5.41) is 9.53. The maximum absolute atomic E-state index is 11.6. The summed E-state index contributed by atoms with van der Waals surface area (Å²) in [5.74, 6) is 0.418. The van der Waals surface area contributed by atoms with Crippen molar-refractivity contribution in [2.75, 3.05) is 18.0 Å². The highest BCUT2D eigenvalue weighted by Crippen LogP contribution is 2.22. The van der Waals surface area contributed by atoms with E-state index in [1.165, 1.54) is 4.57 Å². The van der Waals surface area contributed by atoms with Crippen molar-refractivity contribution < 1.29 is 5.11 Å². The van der Waals surface area contributed by atoms with Crippen LogP contribution in [0.2, 0.25) is 0 Å². The van der Waals surface area contributed by atoms with E-state index in [-0.39, 0.29) is 5.56 Å². The molecule has 2 heterocycles. The Morgan fingerprint density at radius 1 is 1.57 bits per heavy atom. The molecule has 2 rings (SSSR count). The summed E-state index contributed by atoms with van der Waals surface area (Å²) in [6, 6.07) is 0. The SMILES string of the molecule is Cn1ccnc(N2CC(C)(O)C2)c1=O. The molecule has 5 heteroatoms. The summed E-state index contributed by atoms with van der Waals surface area (Å²) >= 11 is 0. The number of rotatable bonds is 1. The van der Waals surface area contributed by atoms with E-state index >= 15 is 0 Å². The molecule has 0 radical (unpaired) electrons. The maximum Gasteiger partial charge on any atom is 0.293 e. The molecule has 0 saturated carbocycles. The van der Waals surface area contributed by atoms with Crippen LogP contribution in [0.4, 0.5) is 5.82 Å². The van der Waals surface area contributed by atoms with Crippen LogP contribution in [0.25, 0.3) is 0 Å². The third kappa shape index (κ3) is 1.39. The lowest BCUT2D eigenvalue weighted by Gasteiger charge is -2.44. The Morgan fingerprint density at radius 3 is 2.79 bits per heavy atom. The number of aliphatic hydroxyl groups is 1. The van der Waals surface area contributed by atoms with E-state index in [4.69, 9.17) is 0 Å². The Bertz CT molecular complexity index is 403. The van der Waals surface area contributed by atoms with Gasteiger partial charge in [-0.1, -0.05) is 0 Å². The molecule has 76 valence electrons. The molecule has 0 amide bonds. The Kier molecular flexibility index (Phi) is 1.85. The normalized spacial score (nSPS) is 19.2. The summed E-state index contributed by atoms with van der Waals surface area (Å²) in [5.41, 5.74) is -0.800. The van der Waals surface area contributed by atoms with Crippen LogP contribution in [0.3, 0.4) is 0 Å². The lowest BCUT2D eigenvalue weighted by molar-refractivity contribution is 0.0303. The fourth-order valence-electron chi connectivity index (χ4n) is 1.63. The van der Waals surface area contributed by atoms with E-state index < -0.39 is 5.60 Å². The molecule has 0 unspecified atom stereocenters. The van der Waals surface area contributed by atoms with Crippen LogP contribution in [-0.2, 0) is 7.05 Å². The van der Waals surface area contributed by atoms with Gasteiger partial charge in [0, 0.05) is 32.5 Å². The molecule has 14 heavy (non-hydrogen) atoms. The number of hydrogen-bond donors (Lipinski definition) is 1. The average molecular weight is 195 g/mol. The van der Waals surface area contributed by atoms with Gasteiger partial charge in [0.2, 0.25) is 0 Å². The number of nitrogens with zero attached hydrogens (tertiary/aromatic N) is 3. The fourth-order valence-corrected chi connectivity index (χ4v) is 1.63. The van der Waals surface area contributed by atoms with Gasteiger partial charge in [0.15, 0.2) is 5.82 Å². The van der Waals surface area contributed by atoms with Gasteiger partial charge in [-0.05, 0) is 6.92 Å². The second kappa shape index (κ2) is 2.81. The van der Waals surface area contributed by atoms with E-state index in [1.54, 1.807) is 31.3 Å². The highest BCUT2D eigenvalue weighted by molar-refractivity contribution is 5.41. The number of hydrogen-bond acceptors (Lipinski definition) is 4. The molecule has 0 atom stereocenters.